The third-order valence-electron chi connectivity index (χ3n) is 3.20. The fourth-order valence-corrected chi connectivity index (χ4v) is 2.27. The molecule has 0 saturated carbocycles. The topological polar surface area (TPSA) is 50.3 Å². The van der Waals surface area contributed by atoms with Crippen LogP contribution in [0.2, 0.25) is 0 Å². The molecule has 1 aliphatic rings. The van der Waals surface area contributed by atoms with E-state index in [-0.39, 0.29) is 0 Å². The maximum atomic E-state index is 5.40. The van der Waals surface area contributed by atoms with E-state index in [1.54, 1.807) is 12.4 Å². The minimum atomic E-state index is 0.572. The van der Waals surface area contributed by atoms with Gasteiger partial charge in [-0.3, -0.25) is 4.98 Å². The van der Waals surface area contributed by atoms with Crippen molar-refractivity contribution in [2.75, 3.05) is 31.1 Å². The first-order chi connectivity index (χ1) is 8.83. The van der Waals surface area contributed by atoms with Gasteiger partial charge in [0, 0.05) is 19.1 Å². The number of hydrogen-bond donors (Lipinski definition) is 1. The summed E-state index contributed by atoms with van der Waals surface area (Å²) in [6.45, 7) is 7.77. The van der Waals surface area contributed by atoms with Crippen LogP contribution in [0.15, 0.2) is 12.4 Å². The van der Waals surface area contributed by atoms with Gasteiger partial charge in [-0.15, -0.1) is 0 Å². The van der Waals surface area contributed by atoms with Crippen LogP contribution in [0.25, 0.3) is 0 Å². The predicted octanol–water partition coefficient (Wildman–Crippen LogP) is 1.45. The molecule has 0 aliphatic carbocycles. The maximum absolute atomic E-state index is 5.40. The van der Waals surface area contributed by atoms with Crippen molar-refractivity contribution in [2.45, 2.75) is 32.7 Å². The summed E-state index contributed by atoms with van der Waals surface area (Å²) in [5.74, 6) is 1.50. The van der Waals surface area contributed by atoms with Gasteiger partial charge in [0.05, 0.1) is 19.0 Å². The summed E-state index contributed by atoms with van der Waals surface area (Å²) in [5, 5.41) is 3.51. The Morgan fingerprint density at radius 3 is 3.00 bits per heavy atom. The highest BCUT2D eigenvalue weighted by atomic mass is 16.5. The van der Waals surface area contributed by atoms with Crippen LogP contribution in [0.1, 0.15) is 26.7 Å². The molecule has 1 N–H and O–H groups in total. The summed E-state index contributed by atoms with van der Waals surface area (Å²) >= 11 is 0. The van der Waals surface area contributed by atoms with Crippen molar-refractivity contribution >= 4 is 5.82 Å². The van der Waals surface area contributed by atoms with Gasteiger partial charge in [0.2, 0.25) is 5.88 Å². The smallest absolute Gasteiger partial charge is 0.234 e. The van der Waals surface area contributed by atoms with E-state index in [0.29, 0.717) is 18.5 Å². The molecule has 0 amide bonds. The Morgan fingerprint density at radius 1 is 1.44 bits per heavy atom. The number of nitrogens with one attached hydrogen (secondary N) is 1. The van der Waals surface area contributed by atoms with E-state index < -0.39 is 0 Å². The lowest BCUT2D eigenvalue weighted by Gasteiger charge is -2.25. The first-order valence-electron chi connectivity index (χ1n) is 6.76. The van der Waals surface area contributed by atoms with Crippen LogP contribution in [0.4, 0.5) is 5.82 Å². The average Bonchev–Trinajstić information content (AvgIpc) is 2.89. The van der Waals surface area contributed by atoms with E-state index >= 15 is 0 Å². The molecule has 0 radical (unpaired) electrons. The standard InChI is InChI=1S/C13H22N4O/c1-3-17(10-11-6-5-7-15-11)12-8-14-9-13(16-12)18-4-2/h8-9,11,15H,3-7,10H2,1-2H3. The van der Waals surface area contributed by atoms with Crippen molar-refractivity contribution in [1.82, 2.24) is 15.3 Å². The highest BCUT2D eigenvalue weighted by molar-refractivity contribution is 5.37. The lowest BCUT2D eigenvalue weighted by Crippen LogP contribution is -2.38. The second kappa shape index (κ2) is 6.54. The first-order valence-corrected chi connectivity index (χ1v) is 6.76. The van der Waals surface area contributed by atoms with Gasteiger partial charge >= 0.3 is 0 Å². The molecule has 1 fully saturated rings. The van der Waals surface area contributed by atoms with Crippen molar-refractivity contribution in [3.05, 3.63) is 12.4 Å². The number of hydrogen-bond acceptors (Lipinski definition) is 5. The minimum Gasteiger partial charge on any atom is -0.477 e. The van der Waals surface area contributed by atoms with Crippen molar-refractivity contribution in [3.63, 3.8) is 0 Å². The molecular weight excluding hydrogens is 228 g/mol. The van der Waals surface area contributed by atoms with Gasteiger partial charge in [0.25, 0.3) is 0 Å². The van der Waals surface area contributed by atoms with E-state index in [0.717, 1.165) is 25.5 Å². The monoisotopic (exact) mass is 250 g/mol. The second-order valence-corrected chi connectivity index (χ2v) is 4.48. The van der Waals surface area contributed by atoms with Crippen molar-refractivity contribution in [2.24, 2.45) is 0 Å². The van der Waals surface area contributed by atoms with Crippen LogP contribution in [-0.2, 0) is 0 Å². The summed E-state index contributed by atoms with van der Waals surface area (Å²) in [6.07, 6.45) is 5.98. The van der Waals surface area contributed by atoms with Crippen LogP contribution in [-0.4, -0.2) is 42.3 Å². The van der Waals surface area contributed by atoms with Crippen LogP contribution in [0, 0.1) is 0 Å². The zero-order chi connectivity index (χ0) is 12.8. The van der Waals surface area contributed by atoms with E-state index in [9.17, 15) is 0 Å². The van der Waals surface area contributed by atoms with E-state index in [1.165, 1.54) is 12.8 Å². The lowest BCUT2D eigenvalue weighted by molar-refractivity contribution is 0.325. The molecule has 1 aromatic heterocycles. The molecule has 1 saturated heterocycles. The molecule has 2 rings (SSSR count). The normalized spacial score (nSPS) is 18.9. The molecule has 1 unspecified atom stereocenters. The average molecular weight is 250 g/mol. The fourth-order valence-electron chi connectivity index (χ4n) is 2.27. The van der Waals surface area contributed by atoms with Crippen LogP contribution < -0.4 is 15.0 Å². The minimum absolute atomic E-state index is 0.572. The molecule has 1 aromatic rings. The predicted molar refractivity (Wildman–Crippen MR) is 72.1 cm³/mol. The molecule has 5 heteroatoms. The zero-order valence-corrected chi connectivity index (χ0v) is 11.2. The second-order valence-electron chi connectivity index (χ2n) is 4.48. The fraction of sp³-hybridized carbons (Fsp3) is 0.692. The third-order valence-corrected chi connectivity index (χ3v) is 3.20. The van der Waals surface area contributed by atoms with Gasteiger partial charge in [0.15, 0.2) is 5.82 Å². The summed E-state index contributed by atoms with van der Waals surface area (Å²) in [6, 6.07) is 0.572. The molecule has 2 heterocycles. The lowest BCUT2D eigenvalue weighted by atomic mass is 10.2. The molecule has 100 valence electrons. The Balaban J connectivity index is 2.03. The Labute approximate surface area is 109 Å². The SMILES string of the molecule is CCOc1cncc(N(CC)CC2CCCN2)n1. The number of likely N-dealkylation sites (N-methyl/N-ethyl adjacent to an activating group) is 1. The number of nitrogens with zero attached hydrogens (tertiary/aromatic N) is 3. The van der Waals surface area contributed by atoms with Gasteiger partial charge in [-0.05, 0) is 33.2 Å². The van der Waals surface area contributed by atoms with Gasteiger partial charge in [0.1, 0.15) is 0 Å². The molecule has 1 aliphatic heterocycles. The number of rotatable bonds is 6. The first kappa shape index (κ1) is 13.1. The van der Waals surface area contributed by atoms with Crippen LogP contribution in [0.5, 0.6) is 5.88 Å². The van der Waals surface area contributed by atoms with E-state index in [1.807, 2.05) is 6.92 Å². The Bertz CT molecular complexity index is 366. The molecule has 0 bridgehead atoms. The van der Waals surface area contributed by atoms with E-state index in [2.05, 4.69) is 27.1 Å². The van der Waals surface area contributed by atoms with Gasteiger partial charge in [-0.25, -0.2) is 0 Å². The zero-order valence-electron chi connectivity index (χ0n) is 11.2. The summed E-state index contributed by atoms with van der Waals surface area (Å²) in [5.41, 5.74) is 0. The molecular formula is C13H22N4O. The molecule has 18 heavy (non-hydrogen) atoms. The van der Waals surface area contributed by atoms with Crippen LogP contribution in [0.3, 0.4) is 0 Å². The largest absolute Gasteiger partial charge is 0.477 e. The highest BCUT2D eigenvalue weighted by Gasteiger charge is 2.18. The summed E-state index contributed by atoms with van der Waals surface area (Å²) < 4.78 is 5.40. The summed E-state index contributed by atoms with van der Waals surface area (Å²) in [7, 11) is 0. The van der Waals surface area contributed by atoms with Gasteiger partial charge in [-0.1, -0.05) is 0 Å². The quantitative estimate of drug-likeness (QED) is 0.828. The molecule has 5 nitrogen and oxygen atoms in total. The Hall–Kier alpha value is -1.36. The molecule has 0 aromatic carbocycles. The van der Waals surface area contributed by atoms with Gasteiger partial charge in [-0.2, -0.15) is 4.98 Å². The van der Waals surface area contributed by atoms with Crippen molar-refractivity contribution < 1.29 is 4.74 Å². The van der Waals surface area contributed by atoms with Crippen LogP contribution >= 0.6 is 0 Å². The maximum Gasteiger partial charge on any atom is 0.234 e. The Kier molecular flexibility index (Phi) is 4.75. The Morgan fingerprint density at radius 2 is 2.33 bits per heavy atom. The van der Waals surface area contributed by atoms with Crippen molar-refractivity contribution in [1.29, 1.82) is 0 Å². The molecule has 0 spiro atoms. The van der Waals surface area contributed by atoms with E-state index in [4.69, 9.17) is 4.74 Å². The number of anilines is 1. The highest BCUT2D eigenvalue weighted by Crippen LogP contribution is 2.16. The third kappa shape index (κ3) is 3.32. The number of aromatic nitrogens is 2. The molecule has 1 atom stereocenters. The summed E-state index contributed by atoms with van der Waals surface area (Å²) in [4.78, 5) is 10.9. The number of ether oxygens (including phenoxy) is 1. The van der Waals surface area contributed by atoms with Gasteiger partial charge < -0.3 is 15.0 Å². The van der Waals surface area contributed by atoms with Crippen molar-refractivity contribution in [3.8, 4) is 5.88 Å².